The van der Waals surface area contributed by atoms with E-state index < -0.39 is 7.05 Å². The second-order valence-corrected chi connectivity index (χ2v) is 11.0. The minimum Gasteiger partial charge on any atom is -0.285 e. The Morgan fingerprint density at radius 3 is 1.37 bits per heavy atom. The van der Waals surface area contributed by atoms with Crippen LogP contribution in [-0.4, -0.2) is 0 Å². The first kappa shape index (κ1) is 20.4. The van der Waals surface area contributed by atoms with E-state index in [1.165, 1.54) is 38.2 Å². The van der Waals surface area contributed by atoms with Crippen LogP contribution in [0.25, 0.3) is 0 Å². The Bertz CT molecular complexity index is 1090. The van der Waals surface area contributed by atoms with Crippen LogP contribution in [0.1, 0.15) is 22.3 Å². The number of benzene rings is 4. The van der Waals surface area contributed by atoms with Gasteiger partial charge in [-0.25, -0.2) is 0 Å². The maximum atomic E-state index is 5.57. The highest BCUT2D eigenvalue weighted by Gasteiger charge is 2.27. The Kier molecular flexibility index (Phi) is 6.02. The molecule has 0 unspecified atom stereocenters. The van der Waals surface area contributed by atoms with Gasteiger partial charge in [0.15, 0.2) is 0 Å². The Morgan fingerprint density at radius 1 is 0.533 bits per heavy atom. The highest BCUT2D eigenvalue weighted by molar-refractivity contribution is 7.87. The lowest BCUT2D eigenvalue weighted by molar-refractivity contribution is 1.09. The fourth-order valence-corrected chi connectivity index (χ4v) is 7.79. The first-order valence-corrected chi connectivity index (χ1v) is 12.2. The van der Waals surface area contributed by atoms with Gasteiger partial charge < -0.3 is 0 Å². The van der Waals surface area contributed by atoms with E-state index >= 15 is 0 Å². The summed E-state index contributed by atoms with van der Waals surface area (Å²) in [6.07, 6.45) is 0. The topological polar surface area (TPSA) is 12.4 Å². The summed E-state index contributed by atoms with van der Waals surface area (Å²) in [5.41, 5.74) is 5.06. The number of rotatable bonds is 5. The third kappa shape index (κ3) is 4.18. The van der Waals surface area contributed by atoms with Crippen LogP contribution < -0.4 is 15.9 Å². The van der Waals surface area contributed by atoms with Crippen molar-refractivity contribution in [1.82, 2.24) is 0 Å². The van der Waals surface area contributed by atoms with Gasteiger partial charge in [-0.15, -0.1) is 0 Å². The molecule has 2 heteroatoms. The van der Waals surface area contributed by atoms with Crippen molar-refractivity contribution in [3.05, 3.63) is 125 Å². The molecule has 0 aliphatic heterocycles. The molecule has 4 aromatic rings. The van der Waals surface area contributed by atoms with E-state index in [1.807, 2.05) is 0 Å². The van der Waals surface area contributed by atoms with Crippen LogP contribution in [0.3, 0.4) is 0 Å². The van der Waals surface area contributed by atoms with Crippen LogP contribution in [0, 0.1) is 20.8 Å². The zero-order valence-electron chi connectivity index (χ0n) is 17.9. The highest BCUT2D eigenvalue weighted by Crippen LogP contribution is 2.47. The standard InChI is InChI=1S/C28H28NP/c1-22-10-7-15-26(18-22)30(27-16-8-11-23(2)19-27,28-17-9-12-24(3)20-28)29-21-25-13-5-4-6-14-25/h4-20H,21H2,1-3H3. The summed E-state index contributed by atoms with van der Waals surface area (Å²) in [4.78, 5) is 0. The third-order valence-corrected chi connectivity index (χ3v) is 9.08. The molecule has 0 spiro atoms. The normalized spacial score (nSPS) is 11.3. The van der Waals surface area contributed by atoms with Crippen molar-refractivity contribution in [2.45, 2.75) is 27.3 Å². The smallest absolute Gasteiger partial charge is 0.0636 e. The van der Waals surface area contributed by atoms with E-state index in [1.54, 1.807) is 0 Å². The van der Waals surface area contributed by atoms with Gasteiger partial charge in [0.25, 0.3) is 0 Å². The molecule has 4 aromatic carbocycles. The van der Waals surface area contributed by atoms with Crippen molar-refractivity contribution in [3.8, 4) is 0 Å². The summed E-state index contributed by atoms with van der Waals surface area (Å²) in [5.74, 6) is 0. The molecule has 4 rings (SSSR count). The van der Waals surface area contributed by atoms with Gasteiger partial charge >= 0.3 is 0 Å². The van der Waals surface area contributed by atoms with Crippen molar-refractivity contribution in [2.24, 2.45) is 4.74 Å². The average Bonchev–Trinajstić information content (AvgIpc) is 2.75. The summed E-state index contributed by atoms with van der Waals surface area (Å²) in [7, 11) is -2.17. The number of nitrogens with zero attached hydrogens (tertiary/aromatic N) is 1. The molecule has 0 saturated carbocycles. The van der Waals surface area contributed by atoms with Gasteiger partial charge in [-0.1, -0.05) is 102 Å². The van der Waals surface area contributed by atoms with Gasteiger partial charge in [0.2, 0.25) is 0 Å². The molecule has 0 N–H and O–H groups in total. The lowest BCUT2D eigenvalue weighted by Crippen LogP contribution is -2.26. The van der Waals surface area contributed by atoms with Crippen molar-refractivity contribution in [1.29, 1.82) is 0 Å². The SMILES string of the molecule is Cc1cccc(P(=NCc2ccccc2)(c2cccc(C)c2)c2cccc(C)c2)c1. The molecule has 0 amide bonds. The Balaban J connectivity index is 2.07. The summed E-state index contributed by atoms with van der Waals surface area (Å²) < 4.78 is 5.57. The van der Waals surface area contributed by atoms with Gasteiger partial charge in [0.1, 0.15) is 0 Å². The van der Waals surface area contributed by atoms with Crippen LogP contribution in [-0.2, 0) is 6.54 Å². The van der Waals surface area contributed by atoms with Gasteiger partial charge in [-0.3, -0.25) is 4.74 Å². The molecule has 30 heavy (non-hydrogen) atoms. The molecular weight excluding hydrogens is 381 g/mol. The lowest BCUT2D eigenvalue weighted by atomic mass is 10.2. The van der Waals surface area contributed by atoms with E-state index in [0.29, 0.717) is 6.54 Å². The van der Waals surface area contributed by atoms with Crippen molar-refractivity contribution in [2.75, 3.05) is 0 Å². The Labute approximate surface area is 180 Å². The maximum absolute atomic E-state index is 5.57. The first-order valence-electron chi connectivity index (χ1n) is 10.4. The van der Waals surface area contributed by atoms with E-state index in [-0.39, 0.29) is 0 Å². The van der Waals surface area contributed by atoms with Crippen LogP contribution in [0.15, 0.2) is 108 Å². The van der Waals surface area contributed by atoms with Crippen molar-refractivity contribution in [3.63, 3.8) is 0 Å². The largest absolute Gasteiger partial charge is 0.285 e. The number of hydrogen-bond donors (Lipinski definition) is 0. The minimum atomic E-state index is -2.17. The lowest BCUT2D eigenvalue weighted by Gasteiger charge is -2.28. The third-order valence-electron chi connectivity index (χ3n) is 5.43. The van der Waals surface area contributed by atoms with Crippen LogP contribution in [0.4, 0.5) is 0 Å². The van der Waals surface area contributed by atoms with Crippen LogP contribution in [0.5, 0.6) is 0 Å². The predicted molar refractivity (Wildman–Crippen MR) is 132 cm³/mol. The predicted octanol–water partition coefficient (Wildman–Crippen LogP) is 6.29. The Hall–Kier alpha value is -2.89. The fraction of sp³-hybridized carbons (Fsp3) is 0.143. The van der Waals surface area contributed by atoms with Gasteiger partial charge in [-0.2, -0.15) is 0 Å². The summed E-state index contributed by atoms with van der Waals surface area (Å²) >= 11 is 0. The van der Waals surface area contributed by atoms with Gasteiger partial charge in [0.05, 0.1) is 13.6 Å². The molecule has 1 nitrogen and oxygen atoms in total. The van der Waals surface area contributed by atoms with Crippen LogP contribution >= 0.6 is 7.05 Å². The van der Waals surface area contributed by atoms with Crippen molar-refractivity contribution >= 4 is 23.0 Å². The molecule has 0 aromatic heterocycles. The monoisotopic (exact) mass is 409 g/mol. The molecule has 0 fully saturated rings. The fourth-order valence-electron chi connectivity index (χ4n) is 3.95. The summed E-state index contributed by atoms with van der Waals surface area (Å²) in [5, 5.41) is 3.94. The molecule has 0 atom stereocenters. The van der Waals surface area contributed by atoms with E-state index in [9.17, 15) is 0 Å². The zero-order chi connectivity index (χ0) is 21.0. The molecule has 0 saturated heterocycles. The van der Waals surface area contributed by atoms with Gasteiger partial charge in [-0.05, 0) is 44.5 Å². The van der Waals surface area contributed by atoms with Gasteiger partial charge in [0, 0.05) is 15.9 Å². The summed E-state index contributed by atoms with van der Waals surface area (Å²) in [6, 6.07) is 37.4. The quantitative estimate of drug-likeness (QED) is 0.344. The molecular formula is C28H28NP. The molecule has 0 heterocycles. The zero-order valence-corrected chi connectivity index (χ0v) is 18.8. The highest BCUT2D eigenvalue weighted by atomic mass is 31.2. The second kappa shape index (κ2) is 8.86. The van der Waals surface area contributed by atoms with Crippen molar-refractivity contribution < 1.29 is 0 Å². The minimum absolute atomic E-state index is 0.699. The summed E-state index contributed by atoms with van der Waals surface area (Å²) in [6.45, 7) is 7.20. The molecule has 0 aliphatic carbocycles. The van der Waals surface area contributed by atoms with E-state index in [4.69, 9.17) is 4.74 Å². The number of hydrogen-bond acceptors (Lipinski definition) is 1. The molecule has 0 aliphatic rings. The second-order valence-electron chi connectivity index (χ2n) is 7.94. The Morgan fingerprint density at radius 2 is 0.967 bits per heavy atom. The molecule has 150 valence electrons. The van der Waals surface area contributed by atoms with E-state index in [2.05, 4.69) is 124 Å². The van der Waals surface area contributed by atoms with Crippen LogP contribution in [0.2, 0.25) is 0 Å². The first-order chi connectivity index (χ1) is 14.6. The molecule has 0 radical (unpaired) electrons. The van der Waals surface area contributed by atoms with E-state index in [0.717, 1.165) is 0 Å². The molecule has 0 bridgehead atoms. The average molecular weight is 410 g/mol. The maximum Gasteiger partial charge on any atom is 0.0636 e. The number of aryl methyl sites for hydroxylation is 3.